The van der Waals surface area contributed by atoms with E-state index >= 15 is 0 Å². The van der Waals surface area contributed by atoms with E-state index in [1.165, 1.54) is 12.3 Å². The van der Waals surface area contributed by atoms with Gasteiger partial charge in [-0.05, 0) is 30.2 Å². The summed E-state index contributed by atoms with van der Waals surface area (Å²) >= 11 is 0. The maximum Gasteiger partial charge on any atom is 0.418 e. The van der Waals surface area contributed by atoms with Crippen LogP contribution in [-0.4, -0.2) is 36.7 Å². The highest BCUT2D eigenvalue weighted by Gasteiger charge is 2.36. The van der Waals surface area contributed by atoms with Gasteiger partial charge in [-0.1, -0.05) is 20.3 Å². The van der Waals surface area contributed by atoms with Crippen LogP contribution in [0, 0.1) is 5.92 Å². The summed E-state index contributed by atoms with van der Waals surface area (Å²) in [7, 11) is 0. The lowest BCUT2D eigenvalue weighted by molar-refractivity contribution is -0.138. The van der Waals surface area contributed by atoms with Gasteiger partial charge in [0.25, 0.3) is 0 Å². The molecule has 0 saturated carbocycles. The zero-order valence-electron chi connectivity index (χ0n) is 19.5. The minimum atomic E-state index is -4.74. The largest absolute Gasteiger partial charge is 0.418 e. The van der Waals surface area contributed by atoms with Crippen LogP contribution in [0.25, 0.3) is 22.6 Å². The van der Waals surface area contributed by atoms with Crippen molar-refractivity contribution in [3.63, 3.8) is 0 Å². The first-order valence-corrected chi connectivity index (χ1v) is 11.1. The van der Waals surface area contributed by atoms with Crippen molar-refractivity contribution in [2.24, 2.45) is 5.92 Å². The quantitative estimate of drug-likeness (QED) is 0.280. The molecule has 1 atom stereocenters. The molecule has 0 aliphatic rings. The van der Waals surface area contributed by atoms with Gasteiger partial charge in [-0.3, -0.25) is 0 Å². The van der Waals surface area contributed by atoms with Crippen LogP contribution >= 0.6 is 0 Å². The number of hydrogen-bond donors (Lipinski definition) is 2. The predicted octanol–water partition coefficient (Wildman–Crippen LogP) is 6.12. The van der Waals surface area contributed by atoms with E-state index in [1.54, 1.807) is 0 Å². The Bertz CT molecular complexity index is 1390. The Morgan fingerprint density at radius 2 is 1.68 bits per heavy atom. The molecule has 14 heteroatoms. The van der Waals surface area contributed by atoms with Gasteiger partial charge < -0.3 is 10.6 Å². The number of halogens is 6. The average molecular weight is 522 g/mol. The minimum absolute atomic E-state index is 0.0108. The normalized spacial score (nSPS) is 13.0. The number of nitrogens with zero attached hydrogens (tertiary/aromatic N) is 6. The lowest BCUT2D eigenvalue weighted by Crippen LogP contribution is -2.15. The van der Waals surface area contributed by atoms with Gasteiger partial charge in [0.05, 0.1) is 23.0 Å². The van der Waals surface area contributed by atoms with Crippen molar-refractivity contribution in [3.05, 3.63) is 54.0 Å². The fourth-order valence-electron chi connectivity index (χ4n) is 3.22. The summed E-state index contributed by atoms with van der Waals surface area (Å²) < 4.78 is 79.9. The van der Waals surface area contributed by atoms with Gasteiger partial charge in [0, 0.05) is 18.9 Å². The summed E-state index contributed by atoms with van der Waals surface area (Å²) in [6.45, 7) is 4.36. The number of aromatic nitrogens is 6. The zero-order chi connectivity index (χ0) is 26.8. The van der Waals surface area contributed by atoms with E-state index in [0.717, 1.165) is 30.8 Å². The molecule has 0 saturated heterocycles. The average Bonchev–Trinajstić information content (AvgIpc) is 2.86. The maximum absolute atomic E-state index is 13.9. The molecule has 0 bridgehead atoms. The maximum atomic E-state index is 13.9. The summed E-state index contributed by atoms with van der Waals surface area (Å²) in [5, 5.41) is 13.3. The number of rotatable bonds is 7. The summed E-state index contributed by atoms with van der Waals surface area (Å²) in [4.78, 5) is 16.2. The molecule has 0 spiro atoms. The van der Waals surface area contributed by atoms with Crippen LogP contribution in [0.3, 0.4) is 0 Å². The van der Waals surface area contributed by atoms with Crippen molar-refractivity contribution in [2.75, 3.05) is 17.2 Å². The first-order chi connectivity index (χ1) is 17.5. The Hall–Kier alpha value is -4.10. The molecule has 0 amide bonds. The molecule has 0 aliphatic heterocycles. The van der Waals surface area contributed by atoms with Gasteiger partial charge in [-0.25, -0.2) is 19.9 Å². The van der Waals surface area contributed by atoms with Crippen molar-refractivity contribution < 1.29 is 26.3 Å². The van der Waals surface area contributed by atoms with Crippen molar-refractivity contribution >= 4 is 28.5 Å². The SMILES string of the molecule is CCC(C)CNc1cc(C(F)(F)F)c(-c2cnc3c(Nc4ccc(C(F)(F)F)cn4)ccnc3n2)nn1. The lowest BCUT2D eigenvalue weighted by Gasteiger charge is -2.15. The molecule has 4 rings (SSSR count). The van der Waals surface area contributed by atoms with Crippen LogP contribution in [0.15, 0.2) is 42.9 Å². The Morgan fingerprint density at radius 3 is 2.32 bits per heavy atom. The molecule has 4 heterocycles. The number of hydrogen-bond acceptors (Lipinski definition) is 8. The van der Waals surface area contributed by atoms with Crippen molar-refractivity contribution in [3.8, 4) is 11.4 Å². The Balaban J connectivity index is 1.66. The van der Waals surface area contributed by atoms with E-state index in [4.69, 9.17) is 0 Å². The second-order valence-corrected chi connectivity index (χ2v) is 8.22. The van der Waals surface area contributed by atoms with Crippen LogP contribution in [0.4, 0.5) is 43.7 Å². The first-order valence-electron chi connectivity index (χ1n) is 11.1. The molecule has 0 fully saturated rings. The van der Waals surface area contributed by atoms with E-state index < -0.39 is 29.2 Å². The number of anilines is 3. The second-order valence-electron chi connectivity index (χ2n) is 8.22. The van der Waals surface area contributed by atoms with Gasteiger partial charge in [-0.2, -0.15) is 26.3 Å². The van der Waals surface area contributed by atoms with Crippen molar-refractivity contribution in [2.45, 2.75) is 32.6 Å². The molecule has 2 N–H and O–H groups in total. The van der Waals surface area contributed by atoms with E-state index in [-0.39, 0.29) is 34.4 Å². The fourth-order valence-corrected chi connectivity index (χ4v) is 3.22. The minimum Gasteiger partial charge on any atom is -0.368 e. The van der Waals surface area contributed by atoms with Crippen LogP contribution in [0.1, 0.15) is 31.4 Å². The third kappa shape index (κ3) is 6.01. The lowest BCUT2D eigenvalue weighted by atomic mass is 10.1. The molecule has 1 unspecified atom stereocenters. The molecular formula is C23H20F6N8. The Labute approximate surface area is 206 Å². The van der Waals surface area contributed by atoms with Crippen LogP contribution in [-0.2, 0) is 12.4 Å². The van der Waals surface area contributed by atoms with Crippen LogP contribution in [0.5, 0.6) is 0 Å². The number of nitrogens with one attached hydrogen (secondary N) is 2. The molecule has 37 heavy (non-hydrogen) atoms. The second kappa shape index (κ2) is 10.1. The van der Waals surface area contributed by atoms with Gasteiger partial charge in [0.2, 0.25) is 0 Å². The fraction of sp³-hybridized carbons (Fsp3) is 0.304. The smallest absolute Gasteiger partial charge is 0.368 e. The molecule has 8 nitrogen and oxygen atoms in total. The van der Waals surface area contributed by atoms with Crippen molar-refractivity contribution in [1.29, 1.82) is 0 Å². The summed E-state index contributed by atoms with van der Waals surface area (Å²) in [5.74, 6) is 0.310. The molecule has 0 aromatic carbocycles. The summed E-state index contributed by atoms with van der Waals surface area (Å²) in [6, 6.07) is 4.35. The molecule has 0 radical (unpaired) electrons. The highest BCUT2D eigenvalue weighted by molar-refractivity contribution is 5.87. The van der Waals surface area contributed by atoms with Gasteiger partial charge >= 0.3 is 12.4 Å². The highest BCUT2D eigenvalue weighted by atomic mass is 19.4. The molecular weight excluding hydrogens is 502 g/mol. The molecule has 194 valence electrons. The number of fused-ring (bicyclic) bond motifs is 1. The third-order valence-electron chi connectivity index (χ3n) is 5.47. The first kappa shape index (κ1) is 26.0. The molecule has 0 aliphatic carbocycles. The monoisotopic (exact) mass is 522 g/mol. The zero-order valence-corrected chi connectivity index (χ0v) is 19.5. The summed E-state index contributed by atoms with van der Waals surface area (Å²) in [5.41, 5.74) is -2.21. The van der Waals surface area contributed by atoms with E-state index in [9.17, 15) is 26.3 Å². The Morgan fingerprint density at radius 1 is 0.892 bits per heavy atom. The standard InChI is InChI=1S/C23H20F6N8/c1-3-12(2)9-31-18-8-14(23(27,28)29)19(37-36-18)16-11-33-20-15(6-7-30-21(20)35-16)34-17-5-4-13(10-32-17)22(24,25)26/h4-8,10-12H,3,9H2,1-2H3,(H,31,36)(H,30,32,34,35). The third-order valence-corrected chi connectivity index (χ3v) is 5.47. The van der Waals surface area contributed by atoms with E-state index in [0.29, 0.717) is 18.4 Å². The van der Waals surface area contributed by atoms with Gasteiger partial charge in [-0.15, -0.1) is 10.2 Å². The highest BCUT2D eigenvalue weighted by Crippen LogP contribution is 2.36. The topological polar surface area (TPSA) is 101 Å². The van der Waals surface area contributed by atoms with Crippen molar-refractivity contribution in [1.82, 2.24) is 30.1 Å². The Kier molecular flexibility index (Phi) is 7.09. The van der Waals surface area contributed by atoms with Crippen LogP contribution < -0.4 is 10.6 Å². The predicted molar refractivity (Wildman–Crippen MR) is 124 cm³/mol. The number of alkyl halides is 6. The van der Waals surface area contributed by atoms with E-state index in [1.807, 2.05) is 13.8 Å². The van der Waals surface area contributed by atoms with Gasteiger partial charge in [0.15, 0.2) is 5.65 Å². The van der Waals surface area contributed by atoms with Crippen LogP contribution in [0.2, 0.25) is 0 Å². The summed E-state index contributed by atoms with van der Waals surface area (Å²) in [6.07, 6.45) is -5.33. The molecule has 4 aromatic heterocycles. The molecule has 4 aromatic rings. The van der Waals surface area contributed by atoms with Gasteiger partial charge in [0.1, 0.15) is 28.5 Å². The number of pyridine rings is 2. The van der Waals surface area contributed by atoms with E-state index in [2.05, 4.69) is 40.8 Å².